The van der Waals surface area contributed by atoms with Crippen LogP contribution >= 0.6 is 0 Å². The monoisotopic (exact) mass is 472 g/mol. The fraction of sp³-hybridized carbons (Fsp3) is 0.333. The lowest BCUT2D eigenvalue weighted by Crippen LogP contribution is -2.16. The zero-order chi connectivity index (χ0) is 23.9. The van der Waals surface area contributed by atoms with Gasteiger partial charge < -0.3 is 19.5 Å². The number of nitrogens with zero attached hydrogens (tertiary/aromatic N) is 3. The third kappa shape index (κ3) is 4.21. The van der Waals surface area contributed by atoms with Crippen molar-refractivity contribution in [2.45, 2.75) is 31.7 Å². The van der Waals surface area contributed by atoms with Gasteiger partial charge in [-0.05, 0) is 30.7 Å². The Morgan fingerprint density at radius 2 is 2.06 bits per heavy atom. The fourth-order valence-corrected chi connectivity index (χ4v) is 4.09. The first-order valence-electron chi connectivity index (χ1n) is 10.9. The summed E-state index contributed by atoms with van der Waals surface area (Å²) in [6.07, 6.45) is -0.458. The summed E-state index contributed by atoms with van der Waals surface area (Å²) in [4.78, 5) is 8.86. The predicted molar refractivity (Wildman–Crippen MR) is 120 cm³/mol. The number of aromatic nitrogens is 3. The van der Waals surface area contributed by atoms with Gasteiger partial charge in [0.1, 0.15) is 18.2 Å². The van der Waals surface area contributed by atoms with Crippen molar-refractivity contribution in [1.29, 1.82) is 0 Å². The zero-order valence-electron chi connectivity index (χ0n) is 18.6. The van der Waals surface area contributed by atoms with E-state index in [1.165, 1.54) is 6.07 Å². The van der Waals surface area contributed by atoms with Crippen LogP contribution in [0, 0.1) is 0 Å². The van der Waals surface area contributed by atoms with Crippen LogP contribution in [0.2, 0.25) is 0 Å². The third-order valence-electron chi connectivity index (χ3n) is 5.89. The molecule has 2 aromatic heterocycles. The molecular weight excluding hydrogens is 449 g/mol. The van der Waals surface area contributed by atoms with Crippen LogP contribution in [-0.2, 0) is 10.9 Å². The van der Waals surface area contributed by atoms with Gasteiger partial charge in [0, 0.05) is 23.9 Å². The number of fused-ring (bicyclic) bond motifs is 3. The van der Waals surface area contributed by atoms with E-state index in [2.05, 4.69) is 15.3 Å². The number of methoxy groups -OCH3 is 1. The second-order valence-corrected chi connectivity index (χ2v) is 8.20. The zero-order valence-corrected chi connectivity index (χ0v) is 18.6. The van der Waals surface area contributed by atoms with Gasteiger partial charge in [-0.3, -0.25) is 4.40 Å². The molecule has 7 nitrogen and oxygen atoms in total. The minimum absolute atomic E-state index is 0.0864. The highest BCUT2D eigenvalue weighted by Gasteiger charge is 2.31. The molecule has 1 unspecified atom stereocenters. The Balaban J connectivity index is 1.57. The summed E-state index contributed by atoms with van der Waals surface area (Å²) in [7, 11) is 1.57. The van der Waals surface area contributed by atoms with Crippen molar-refractivity contribution < 1.29 is 27.4 Å². The molecule has 4 aromatic rings. The van der Waals surface area contributed by atoms with Crippen molar-refractivity contribution in [2.24, 2.45) is 0 Å². The molecule has 2 atom stereocenters. The molecule has 0 amide bonds. The average Bonchev–Trinajstić information content (AvgIpc) is 3.50. The molecule has 5 rings (SSSR count). The largest absolute Gasteiger partial charge is 0.493 e. The second-order valence-electron chi connectivity index (χ2n) is 8.20. The first-order valence-corrected chi connectivity index (χ1v) is 10.9. The number of hydrogen-bond donors (Lipinski definition) is 1. The lowest BCUT2D eigenvalue weighted by Gasteiger charge is -2.20. The first kappa shape index (κ1) is 22.3. The van der Waals surface area contributed by atoms with Gasteiger partial charge in [0.25, 0.3) is 0 Å². The molecule has 0 spiro atoms. The topological polar surface area (TPSA) is 69.9 Å². The Kier molecular flexibility index (Phi) is 5.68. The number of benzene rings is 2. The average molecular weight is 472 g/mol. The number of nitrogens with one attached hydrogen (secondary N) is 1. The standard InChI is InChI=1S/C24H23F3N4O3/c1-14(15-4-3-5-16(8-15)24(25,26)27)29-23-18-9-21(34-17-6-7-33-12-17)20(32-2)10-19(18)31-13-28-11-22(31)30-23/h3-5,8-11,13-14,17H,6-7,12H2,1-2H3,(H,29,30)/t14?,17-/m0/s1. The molecule has 3 heterocycles. The highest BCUT2D eigenvalue weighted by atomic mass is 19.4. The lowest BCUT2D eigenvalue weighted by atomic mass is 10.0. The van der Waals surface area contributed by atoms with E-state index in [9.17, 15) is 13.2 Å². The van der Waals surface area contributed by atoms with Crippen molar-refractivity contribution >= 4 is 22.4 Å². The van der Waals surface area contributed by atoms with Crippen molar-refractivity contribution in [3.8, 4) is 11.5 Å². The molecule has 178 valence electrons. The minimum Gasteiger partial charge on any atom is -0.493 e. The van der Waals surface area contributed by atoms with Crippen LogP contribution in [0.3, 0.4) is 0 Å². The van der Waals surface area contributed by atoms with Crippen LogP contribution in [-0.4, -0.2) is 40.8 Å². The molecule has 2 aromatic carbocycles. The first-order chi connectivity index (χ1) is 16.3. The molecule has 0 aliphatic carbocycles. The maximum atomic E-state index is 13.2. The van der Waals surface area contributed by atoms with E-state index in [-0.39, 0.29) is 6.10 Å². The molecule has 34 heavy (non-hydrogen) atoms. The highest BCUT2D eigenvalue weighted by molar-refractivity contribution is 5.94. The molecule has 1 saturated heterocycles. The van der Waals surface area contributed by atoms with Crippen LogP contribution in [0.5, 0.6) is 11.5 Å². The molecule has 0 bridgehead atoms. The smallest absolute Gasteiger partial charge is 0.416 e. The summed E-state index contributed by atoms with van der Waals surface area (Å²) in [5.41, 5.74) is 1.16. The summed E-state index contributed by atoms with van der Waals surface area (Å²) in [5.74, 6) is 1.60. The van der Waals surface area contributed by atoms with Crippen molar-refractivity contribution in [3.63, 3.8) is 0 Å². The van der Waals surface area contributed by atoms with Gasteiger partial charge >= 0.3 is 6.18 Å². The summed E-state index contributed by atoms with van der Waals surface area (Å²) in [6, 6.07) is 8.50. The van der Waals surface area contributed by atoms with Gasteiger partial charge in [0.15, 0.2) is 17.1 Å². The van der Waals surface area contributed by atoms with E-state index in [1.807, 2.05) is 16.5 Å². The van der Waals surface area contributed by atoms with Gasteiger partial charge in [-0.25, -0.2) is 9.97 Å². The Morgan fingerprint density at radius 3 is 2.79 bits per heavy atom. The molecule has 1 N–H and O–H groups in total. The van der Waals surface area contributed by atoms with Crippen LogP contribution < -0.4 is 14.8 Å². The lowest BCUT2D eigenvalue weighted by molar-refractivity contribution is -0.137. The normalized spacial score (nSPS) is 17.3. The fourth-order valence-electron chi connectivity index (χ4n) is 4.09. The van der Waals surface area contributed by atoms with Gasteiger partial charge in [-0.2, -0.15) is 13.2 Å². The van der Waals surface area contributed by atoms with Crippen LogP contribution in [0.15, 0.2) is 48.9 Å². The maximum absolute atomic E-state index is 13.2. The molecule has 1 aliphatic heterocycles. The Bertz CT molecular complexity index is 1330. The quantitative estimate of drug-likeness (QED) is 0.413. The number of ether oxygens (including phenoxy) is 3. The summed E-state index contributed by atoms with van der Waals surface area (Å²) in [6.45, 7) is 2.93. The summed E-state index contributed by atoms with van der Waals surface area (Å²) < 4.78 is 58.6. The number of alkyl halides is 3. The molecular formula is C24H23F3N4O3. The van der Waals surface area contributed by atoms with Gasteiger partial charge in [-0.15, -0.1) is 0 Å². The Morgan fingerprint density at radius 1 is 1.21 bits per heavy atom. The molecule has 10 heteroatoms. The van der Waals surface area contributed by atoms with Gasteiger partial charge in [-0.1, -0.05) is 12.1 Å². The maximum Gasteiger partial charge on any atom is 0.416 e. The summed E-state index contributed by atoms with van der Waals surface area (Å²) in [5, 5.41) is 4.00. The van der Waals surface area contributed by atoms with E-state index in [0.29, 0.717) is 41.7 Å². The van der Waals surface area contributed by atoms with E-state index >= 15 is 0 Å². The Hall–Kier alpha value is -3.53. The Labute approximate surface area is 193 Å². The minimum atomic E-state index is -4.41. The second kappa shape index (κ2) is 8.68. The number of anilines is 1. The number of rotatable bonds is 6. The molecule has 0 radical (unpaired) electrons. The predicted octanol–water partition coefficient (Wildman–Crippen LogP) is 5.25. The highest BCUT2D eigenvalue weighted by Crippen LogP contribution is 2.38. The van der Waals surface area contributed by atoms with Crippen molar-refractivity contribution in [2.75, 3.05) is 25.6 Å². The summed E-state index contributed by atoms with van der Waals surface area (Å²) >= 11 is 0. The molecule has 1 aliphatic rings. The van der Waals surface area contributed by atoms with Crippen molar-refractivity contribution in [3.05, 3.63) is 60.0 Å². The van der Waals surface area contributed by atoms with Crippen molar-refractivity contribution in [1.82, 2.24) is 14.4 Å². The molecule has 1 fully saturated rings. The van der Waals surface area contributed by atoms with Crippen LogP contribution in [0.25, 0.3) is 16.6 Å². The SMILES string of the molecule is COc1cc2c(cc1O[C@H]1CCOC1)c(NC(C)c1cccc(C(F)(F)F)c1)nc1cncn12. The van der Waals surface area contributed by atoms with E-state index in [4.69, 9.17) is 14.2 Å². The molecule has 0 saturated carbocycles. The van der Waals surface area contributed by atoms with Gasteiger partial charge in [0.05, 0.1) is 37.6 Å². The number of halogens is 3. The van der Waals surface area contributed by atoms with E-state index < -0.39 is 17.8 Å². The number of hydrogen-bond acceptors (Lipinski definition) is 6. The van der Waals surface area contributed by atoms with Gasteiger partial charge in [0.2, 0.25) is 0 Å². The van der Waals surface area contributed by atoms with E-state index in [0.717, 1.165) is 29.5 Å². The van der Waals surface area contributed by atoms with Crippen LogP contribution in [0.4, 0.5) is 19.0 Å². The third-order valence-corrected chi connectivity index (χ3v) is 5.89. The number of imidazole rings is 1. The van der Waals surface area contributed by atoms with Crippen LogP contribution in [0.1, 0.15) is 30.5 Å². The van der Waals surface area contributed by atoms with E-state index in [1.54, 1.807) is 32.6 Å².